The smallest absolute Gasteiger partial charge is 0.243 e. The Morgan fingerprint density at radius 2 is 2.00 bits per heavy atom. The highest BCUT2D eigenvalue weighted by Gasteiger charge is 2.23. The van der Waals surface area contributed by atoms with Gasteiger partial charge in [0.15, 0.2) is 0 Å². The zero-order valence-corrected chi connectivity index (χ0v) is 15.1. The van der Waals surface area contributed by atoms with E-state index in [2.05, 4.69) is 20.7 Å². The van der Waals surface area contributed by atoms with Gasteiger partial charge in [0.1, 0.15) is 4.90 Å². The second kappa shape index (κ2) is 6.76. The largest absolute Gasteiger partial charge is 0.326 e. The fourth-order valence-electron chi connectivity index (χ4n) is 1.80. The van der Waals surface area contributed by atoms with E-state index < -0.39 is 10.0 Å². The first-order chi connectivity index (χ1) is 9.83. The Labute approximate surface area is 141 Å². The third-order valence-electron chi connectivity index (χ3n) is 2.90. The molecule has 0 amide bonds. The summed E-state index contributed by atoms with van der Waals surface area (Å²) in [6.07, 6.45) is 0. The van der Waals surface area contributed by atoms with Crippen LogP contribution in [0.25, 0.3) is 0 Å². The van der Waals surface area contributed by atoms with Crippen molar-refractivity contribution in [3.8, 4) is 0 Å². The summed E-state index contributed by atoms with van der Waals surface area (Å²) in [6.45, 7) is 2.09. The SMILES string of the molecule is CC(NS(=O)(=O)c1cc(CN)sc1Br)c1ccc(Cl)cc1. The second-order valence-corrected chi connectivity index (χ2v) is 9.02. The van der Waals surface area contributed by atoms with Gasteiger partial charge in [0.2, 0.25) is 10.0 Å². The minimum absolute atomic E-state index is 0.216. The van der Waals surface area contributed by atoms with E-state index in [-0.39, 0.29) is 10.9 Å². The molecular weight excluding hydrogens is 396 g/mol. The lowest BCUT2D eigenvalue weighted by atomic mass is 10.1. The van der Waals surface area contributed by atoms with Crippen LogP contribution in [0.1, 0.15) is 23.4 Å². The molecule has 2 aromatic rings. The van der Waals surface area contributed by atoms with Gasteiger partial charge in [-0.25, -0.2) is 13.1 Å². The molecule has 0 spiro atoms. The highest BCUT2D eigenvalue weighted by atomic mass is 79.9. The second-order valence-electron chi connectivity index (χ2n) is 4.45. The summed E-state index contributed by atoms with van der Waals surface area (Å²) in [7, 11) is -3.61. The van der Waals surface area contributed by atoms with E-state index in [4.69, 9.17) is 17.3 Å². The van der Waals surface area contributed by atoms with E-state index >= 15 is 0 Å². The Kier molecular flexibility index (Phi) is 5.45. The number of thiophene rings is 1. The monoisotopic (exact) mass is 408 g/mol. The van der Waals surface area contributed by atoms with Crippen molar-refractivity contribution in [2.24, 2.45) is 5.73 Å². The van der Waals surface area contributed by atoms with Crippen LogP contribution in [0.4, 0.5) is 0 Å². The number of benzene rings is 1. The van der Waals surface area contributed by atoms with E-state index in [0.29, 0.717) is 15.4 Å². The van der Waals surface area contributed by atoms with Crippen LogP contribution < -0.4 is 10.5 Å². The van der Waals surface area contributed by atoms with Crippen molar-refractivity contribution in [2.75, 3.05) is 0 Å². The standard InChI is InChI=1S/C13H14BrClN2O2S2/c1-8(9-2-4-10(15)5-3-9)17-21(18,19)12-6-11(7-16)20-13(12)14/h2-6,8,17H,7,16H2,1H3. The van der Waals surface area contributed by atoms with Gasteiger partial charge in [-0.1, -0.05) is 23.7 Å². The van der Waals surface area contributed by atoms with Crippen LogP contribution in [0.5, 0.6) is 0 Å². The fraction of sp³-hybridized carbons (Fsp3) is 0.231. The molecule has 0 saturated carbocycles. The van der Waals surface area contributed by atoms with Gasteiger partial charge in [0.05, 0.1) is 3.79 Å². The molecule has 21 heavy (non-hydrogen) atoms. The summed E-state index contributed by atoms with van der Waals surface area (Å²) in [5.41, 5.74) is 6.38. The van der Waals surface area contributed by atoms with Crippen molar-refractivity contribution < 1.29 is 8.42 Å². The van der Waals surface area contributed by atoms with Gasteiger partial charge in [-0.15, -0.1) is 11.3 Å². The molecule has 0 fully saturated rings. The Morgan fingerprint density at radius 3 is 2.52 bits per heavy atom. The molecule has 1 aromatic heterocycles. The average Bonchev–Trinajstić information content (AvgIpc) is 2.81. The number of nitrogens with two attached hydrogens (primary N) is 1. The summed E-state index contributed by atoms with van der Waals surface area (Å²) in [4.78, 5) is 1.02. The molecule has 3 N–H and O–H groups in total. The molecule has 1 aromatic carbocycles. The zero-order chi connectivity index (χ0) is 15.6. The van der Waals surface area contributed by atoms with Crippen LogP contribution in [0.15, 0.2) is 39.0 Å². The Bertz CT molecular complexity index is 729. The summed E-state index contributed by atoms with van der Waals surface area (Å²) < 4.78 is 28.1. The zero-order valence-electron chi connectivity index (χ0n) is 11.1. The van der Waals surface area contributed by atoms with Crippen LogP contribution in [0.3, 0.4) is 0 Å². The third kappa shape index (κ3) is 4.06. The topological polar surface area (TPSA) is 72.2 Å². The van der Waals surface area contributed by atoms with Crippen molar-refractivity contribution in [3.05, 3.63) is 49.6 Å². The van der Waals surface area contributed by atoms with Gasteiger partial charge in [-0.3, -0.25) is 0 Å². The molecule has 0 radical (unpaired) electrons. The van der Waals surface area contributed by atoms with Crippen LogP contribution in [-0.4, -0.2) is 8.42 Å². The average molecular weight is 410 g/mol. The van der Waals surface area contributed by atoms with E-state index in [9.17, 15) is 8.42 Å². The number of hydrogen-bond acceptors (Lipinski definition) is 4. The molecule has 1 unspecified atom stereocenters. The molecule has 2 rings (SSSR count). The number of nitrogens with one attached hydrogen (secondary N) is 1. The lowest BCUT2D eigenvalue weighted by Gasteiger charge is -2.14. The molecular formula is C13H14BrClN2O2S2. The highest BCUT2D eigenvalue weighted by molar-refractivity contribution is 9.11. The summed E-state index contributed by atoms with van der Waals surface area (Å²) >= 11 is 10.4. The van der Waals surface area contributed by atoms with Crippen molar-refractivity contribution >= 4 is 48.9 Å². The molecule has 4 nitrogen and oxygen atoms in total. The molecule has 0 aliphatic heterocycles. The first-order valence-electron chi connectivity index (χ1n) is 6.09. The molecule has 0 aliphatic carbocycles. The van der Waals surface area contributed by atoms with E-state index in [1.807, 2.05) is 0 Å². The number of rotatable bonds is 5. The molecule has 0 aliphatic rings. The van der Waals surface area contributed by atoms with Gasteiger partial charge in [0.25, 0.3) is 0 Å². The first-order valence-corrected chi connectivity index (χ1v) is 9.56. The van der Waals surface area contributed by atoms with Crippen molar-refractivity contribution in [1.29, 1.82) is 0 Å². The maximum atomic E-state index is 12.4. The maximum Gasteiger partial charge on any atom is 0.243 e. The summed E-state index contributed by atoms with van der Waals surface area (Å²) in [5.74, 6) is 0. The van der Waals surface area contributed by atoms with Gasteiger partial charge >= 0.3 is 0 Å². The van der Waals surface area contributed by atoms with Gasteiger partial charge in [0, 0.05) is 22.5 Å². The predicted molar refractivity (Wildman–Crippen MR) is 90.1 cm³/mol. The minimum Gasteiger partial charge on any atom is -0.326 e. The summed E-state index contributed by atoms with van der Waals surface area (Å²) in [6, 6.07) is 8.28. The molecule has 1 atom stereocenters. The van der Waals surface area contributed by atoms with E-state index in [0.717, 1.165) is 10.4 Å². The van der Waals surface area contributed by atoms with Crippen molar-refractivity contribution in [2.45, 2.75) is 24.4 Å². The van der Waals surface area contributed by atoms with E-state index in [1.54, 1.807) is 37.3 Å². The van der Waals surface area contributed by atoms with Gasteiger partial charge < -0.3 is 5.73 Å². The first kappa shape index (κ1) is 16.9. The minimum atomic E-state index is -3.61. The Morgan fingerprint density at radius 1 is 1.38 bits per heavy atom. The molecule has 8 heteroatoms. The number of hydrogen-bond donors (Lipinski definition) is 2. The molecule has 114 valence electrons. The molecule has 1 heterocycles. The quantitative estimate of drug-likeness (QED) is 0.791. The van der Waals surface area contributed by atoms with Crippen LogP contribution >= 0.6 is 38.9 Å². The van der Waals surface area contributed by atoms with Crippen LogP contribution in [0, 0.1) is 0 Å². The maximum absolute atomic E-state index is 12.4. The molecule has 0 saturated heterocycles. The Balaban J connectivity index is 2.24. The van der Waals surface area contributed by atoms with Crippen molar-refractivity contribution in [3.63, 3.8) is 0 Å². The van der Waals surface area contributed by atoms with Crippen LogP contribution in [0.2, 0.25) is 5.02 Å². The van der Waals surface area contributed by atoms with Crippen molar-refractivity contribution in [1.82, 2.24) is 4.72 Å². The molecule has 0 bridgehead atoms. The number of halogens is 2. The van der Waals surface area contributed by atoms with Crippen LogP contribution in [-0.2, 0) is 16.6 Å². The highest BCUT2D eigenvalue weighted by Crippen LogP contribution is 2.32. The lowest BCUT2D eigenvalue weighted by molar-refractivity contribution is 0.567. The third-order valence-corrected chi connectivity index (χ3v) is 6.97. The normalized spacial score (nSPS) is 13.3. The number of sulfonamides is 1. The lowest BCUT2D eigenvalue weighted by Crippen LogP contribution is -2.26. The van der Waals surface area contributed by atoms with E-state index in [1.165, 1.54) is 11.3 Å². The fourth-order valence-corrected chi connectivity index (χ4v) is 5.72. The Hall–Kier alpha value is -0.440. The van der Waals surface area contributed by atoms with Gasteiger partial charge in [-0.2, -0.15) is 0 Å². The predicted octanol–water partition coefficient (Wildman–Crippen LogP) is 3.66. The van der Waals surface area contributed by atoms with Gasteiger partial charge in [-0.05, 0) is 46.6 Å². The summed E-state index contributed by atoms with van der Waals surface area (Å²) in [5, 5.41) is 0.613.